The Morgan fingerprint density at radius 1 is 1.05 bits per heavy atom. The quantitative estimate of drug-likeness (QED) is 0.344. The largest absolute Gasteiger partial charge is 0.481 e. The van der Waals surface area contributed by atoms with Gasteiger partial charge >= 0.3 is 18.1 Å². The zero-order valence-electron chi connectivity index (χ0n) is 21.4. The number of rotatable bonds is 8. The molecule has 0 spiro atoms. The number of carboxylic acids is 2. The van der Waals surface area contributed by atoms with Gasteiger partial charge < -0.3 is 20.8 Å². The molecule has 1 aliphatic rings. The summed E-state index contributed by atoms with van der Waals surface area (Å²) in [6.45, 7) is 4.96. The Labute approximate surface area is 227 Å². The minimum absolute atomic E-state index is 0.0991. The highest BCUT2D eigenvalue weighted by Gasteiger charge is 2.58. The van der Waals surface area contributed by atoms with Gasteiger partial charge in [-0.15, -0.1) is 0 Å². The molecule has 3 atom stereocenters. The number of amides is 2. The van der Waals surface area contributed by atoms with E-state index in [2.05, 4.69) is 10.6 Å². The van der Waals surface area contributed by atoms with Gasteiger partial charge in [0, 0.05) is 18.0 Å². The highest BCUT2D eigenvalue weighted by atomic mass is 35.5. The number of hydrogen-bond acceptors (Lipinski definition) is 4. The van der Waals surface area contributed by atoms with Gasteiger partial charge in [-0.1, -0.05) is 37.6 Å². The molecule has 1 aliphatic carbocycles. The van der Waals surface area contributed by atoms with Gasteiger partial charge in [0.2, 0.25) is 5.91 Å². The molecule has 4 N–H and O–H groups in total. The second-order valence-corrected chi connectivity index (χ2v) is 10.8. The van der Waals surface area contributed by atoms with Crippen molar-refractivity contribution in [1.29, 1.82) is 0 Å². The van der Waals surface area contributed by atoms with Crippen molar-refractivity contribution in [3.63, 3.8) is 0 Å². The van der Waals surface area contributed by atoms with Gasteiger partial charge in [-0.05, 0) is 61.1 Å². The second-order valence-electron chi connectivity index (χ2n) is 10.4. The normalized spacial score (nSPS) is 21.2. The van der Waals surface area contributed by atoms with Crippen LogP contribution in [0.4, 0.5) is 18.9 Å². The van der Waals surface area contributed by atoms with E-state index in [0.29, 0.717) is 18.1 Å². The number of anilines is 1. The number of aliphatic carboxylic acids is 2. The zero-order valence-corrected chi connectivity index (χ0v) is 22.1. The van der Waals surface area contributed by atoms with Crippen LogP contribution < -0.4 is 10.6 Å². The topological polar surface area (TPSA) is 133 Å². The molecule has 0 bridgehead atoms. The SMILES string of the molecule is CC1(C)[C@@H](C(=O)NC(Cc2ccc(NC(=O)c3cc(C(F)(F)F)ccc3Cl)cc2)C(=O)O)CC[C@@]1(C)C(=O)O. The molecule has 210 valence electrons. The summed E-state index contributed by atoms with van der Waals surface area (Å²) in [5, 5.41) is 24.2. The minimum Gasteiger partial charge on any atom is -0.481 e. The molecule has 0 radical (unpaired) electrons. The first-order valence-corrected chi connectivity index (χ1v) is 12.4. The van der Waals surface area contributed by atoms with E-state index >= 15 is 0 Å². The number of alkyl halides is 3. The van der Waals surface area contributed by atoms with Crippen LogP contribution in [-0.4, -0.2) is 40.0 Å². The molecular weight excluding hydrogens is 541 g/mol. The lowest BCUT2D eigenvalue weighted by Crippen LogP contribution is -2.49. The number of carbonyl (C=O) groups excluding carboxylic acids is 2. The summed E-state index contributed by atoms with van der Waals surface area (Å²) in [5.41, 5.74) is -2.70. The summed E-state index contributed by atoms with van der Waals surface area (Å²) >= 11 is 5.91. The summed E-state index contributed by atoms with van der Waals surface area (Å²) in [4.78, 5) is 49.2. The smallest absolute Gasteiger partial charge is 0.416 e. The monoisotopic (exact) mass is 568 g/mol. The first kappa shape index (κ1) is 29.9. The molecule has 12 heteroatoms. The van der Waals surface area contributed by atoms with Crippen molar-refractivity contribution < 1.29 is 42.6 Å². The Bertz CT molecular complexity index is 1300. The highest BCUT2D eigenvalue weighted by molar-refractivity contribution is 6.34. The van der Waals surface area contributed by atoms with Crippen molar-refractivity contribution in [2.75, 3.05) is 5.32 Å². The van der Waals surface area contributed by atoms with E-state index in [9.17, 15) is 42.6 Å². The highest BCUT2D eigenvalue weighted by Crippen LogP contribution is 2.56. The van der Waals surface area contributed by atoms with E-state index in [1.807, 2.05) is 0 Å². The fourth-order valence-corrected chi connectivity index (χ4v) is 5.05. The Balaban J connectivity index is 1.69. The number of nitrogens with one attached hydrogen (secondary N) is 2. The number of benzene rings is 2. The van der Waals surface area contributed by atoms with Gasteiger partial charge in [-0.2, -0.15) is 13.2 Å². The van der Waals surface area contributed by atoms with Crippen LogP contribution in [0.3, 0.4) is 0 Å². The van der Waals surface area contributed by atoms with Crippen LogP contribution in [-0.2, 0) is 27.0 Å². The molecule has 8 nitrogen and oxygen atoms in total. The van der Waals surface area contributed by atoms with Crippen LogP contribution in [0.1, 0.15) is 55.1 Å². The molecular formula is C27H28ClF3N2O6. The molecule has 0 saturated heterocycles. The standard InChI is InChI=1S/C27H28ClF3N2O6/c1-25(2)18(10-11-26(25,3)24(38)39)22(35)33-20(23(36)37)12-14-4-7-16(8-5-14)32-21(34)17-13-15(27(29,30)31)6-9-19(17)28/h4-9,13,18,20H,10-12H2,1-3H3,(H,32,34)(H,33,35)(H,36,37)(H,38,39)/t18-,20?,26+/m1/s1. The molecule has 3 rings (SSSR count). The van der Waals surface area contributed by atoms with E-state index in [1.165, 1.54) is 24.3 Å². The fourth-order valence-electron chi connectivity index (χ4n) is 4.85. The summed E-state index contributed by atoms with van der Waals surface area (Å²) in [6, 6.07) is 6.99. The average Bonchev–Trinajstić information content (AvgIpc) is 3.08. The third-order valence-electron chi connectivity index (χ3n) is 7.82. The molecule has 2 aromatic rings. The molecule has 1 fully saturated rings. The molecule has 0 heterocycles. The van der Waals surface area contributed by atoms with Gasteiger partial charge in [-0.3, -0.25) is 14.4 Å². The zero-order chi connectivity index (χ0) is 29.3. The summed E-state index contributed by atoms with van der Waals surface area (Å²) in [5.74, 6) is -4.39. The Morgan fingerprint density at radius 2 is 1.67 bits per heavy atom. The van der Waals surface area contributed by atoms with Gasteiger partial charge in [0.05, 0.1) is 21.6 Å². The third-order valence-corrected chi connectivity index (χ3v) is 8.15. The van der Waals surface area contributed by atoms with Crippen LogP contribution in [0.25, 0.3) is 0 Å². The lowest BCUT2D eigenvalue weighted by molar-refractivity contribution is -0.155. The number of carbonyl (C=O) groups is 4. The predicted octanol–water partition coefficient (Wildman–Crippen LogP) is 5.25. The molecule has 39 heavy (non-hydrogen) atoms. The van der Waals surface area contributed by atoms with E-state index < -0.39 is 58.3 Å². The maximum atomic E-state index is 13.0. The molecule has 0 aromatic heterocycles. The van der Waals surface area contributed by atoms with Crippen LogP contribution in [0, 0.1) is 16.7 Å². The first-order chi connectivity index (χ1) is 18.0. The van der Waals surface area contributed by atoms with E-state index in [0.717, 1.165) is 12.1 Å². The van der Waals surface area contributed by atoms with Gasteiger partial charge in [0.25, 0.3) is 5.91 Å². The van der Waals surface area contributed by atoms with Crippen LogP contribution in [0.5, 0.6) is 0 Å². The second kappa shape index (κ2) is 10.9. The lowest BCUT2D eigenvalue weighted by Gasteiger charge is -2.38. The summed E-state index contributed by atoms with van der Waals surface area (Å²) < 4.78 is 39.0. The molecule has 2 amide bonds. The first-order valence-electron chi connectivity index (χ1n) is 12.0. The van der Waals surface area contributed by atoms with Gasteiger partial charge in [-0.25, -0.2) is 4.79 Å². The maximum absolute atomic E-state index is 13.0. The van der Waals surface area contributed by atoms with Crippen molar-refractivity contribution in [3.8, 4) is 0 Å². The summed E-state index contributed by atoms with van der Waals surface area (Å²) in [6.07, 6.45) is -4.17. The van der Waals surface area contributed by atoms with Crippen LogP contribution in [0.2, 0.25) is 5.02 Å². The lowest BCUT2D eigenvalue weighted by atomic mass is 9.65. The Hall–Kier alpha value is -3.60. The number of hydrogen-bond donors (Lipinski definition) is 4. The molecule has 1 unspecified atom stereocenters. The minimum atomic E-state index is -4.65. The fraction of sp³-hybridized carbons (Fsp3) is 0.407. The van der Waals surface area contributed by atoms with Crippen molar-refractivity contribution in [3.05, 3.63) is 64.2 Å². The van der Waals surface area contributed by atoms with Crippen molar-refractivity contribution in [2.24, 2.45) is 16.7 Å². The van der Waals surface area contributed by atoms with Crippen LogP contribution in [0.15, 0.2) is 42.5 Å². The predicted molar refractivity (Wildman–Crippen MR) is 136 cm³/mol. The van der Waals surface area contributed by atoms with Crippen molar-refractivity contribution in [1.82, 2.24) is 5.32 Å². The van der Waals surface area contributed by atoms with Gasteiger partial charge in [0.15, 0.2) is 0 Å². The third kappa shape index (κ3) is 6.19. The summed E-state index contributed by atoms with van der Waals surface area (Å²) in [7, 11) is 0. The van der Waals surface area contributed by atoms with Crippen molar-refractivity contribution >= 4 is 41.0 Å². The van der Waals surface area contributed by atoms with E-state index in [4.69, 9.17) is 11.6 Å². The number of carboxylic acid groups (broad SMARTS) is 2. The average molecular weight is 569 g/mol. The van der Waals surface area contributed by atoms with E-state index in [1.54, 1.807) is 20.8 Å². The van der Waals surface area contributed by atoms with Crippen LogP contribution >= 0.6 is 11.6 Å². The van der Waals surface area contributed by atoms with E-state index in [-0.39, 0.29) is 29.1 Å². The Morgan fingerprint density at radius 3 is 2.18 bits per heavy atom. The van der Waals surface area contributed by atoms with Gasteiger partial charge in [0.1, 0.15) is 6.04 Å². The molecule has 2 aromatic carbocycles. The molecule has 0 aliphatic heterocycles. The Kier molecular flexibility index (Phi) is 8.35. The maximum Gasteiger partial charge on any atom is 0.416 e. The molecule has 1 saturated carbocycles. The number of halogens is 4. The van der Waals surface area contributed by atoms with Crippen molar-refractivity contribution in [2.45, 2.75) is 52.3 Å².